The topological polar surface area (TPSA) is 8.81 Å². The summed E-state index contributed by atoms with van der Waals surface area (Å²) in [4.78, 5) is 0. The molecule has 3 aromatic rings. The molecule has 0 aliphatic rings. The molecule has 196 valence electrons. The van der Waals surface area contributed by atoms with Gasteiger partial charge in [0.05, 0.1) is 6.54 Å². The van der Waals surface area contributed by atoms with Crippen molar-refractivity contribution in [3.63, 3.8) is 0 Å². The van der Waals surface area contributed by atoms with E-state index in [1.54, 1.807) is 0 Å². The van der Waals surface area contributed by atoms with E-state index in [0.717, 1.165) is 13.0 Å². The number of nitrogens with zero attached hydrogens (tertiary/aromatic N) is 2. The molecule has 0 saturated heterocycles. The highest BCUT2D eigenvalue weighted by molar-refractivity contribution is 5.31. The lowest BCUT2D eigenvalue weighted by atomic mass is 9.68. The summed E-state index contributed by atoms with van der Waals surface area (Å²) >= 11 is 0. The molecular weight excluding hydrogens is 436 g/mol. The second-order valence-corrected chi connectivity index (χ2v) is 11.4. The fraction of sp³-hybridized carbons (Fsp3) is 0.559. The largest absolute Gasteiger partial charge is 0.244 e. The standard InChI is InChI=1S/C34H51N2/c1-5-6-7-8-9-10-11-12-13-20-25-35-26-27-36(29-35)33(30(2)3)34(4,32-23-18-15-19-24-32)28-31-21-16-14-17-22-31/h14-19,21-24,26-27,29-30,33H,5-13,20,25,28H2,1-4H3/q+1. The molecule has 2 unspecified atom stereocenters. The Morgan fingerprint density at radius 3 is 1.89 bits per heavy atom. The average molecular weight is 488 g/mol. The van der Waals surface area contributed by atoms with Crippen LogP contribution in [-0.4, -0.2) is 4.57 Å². The maximum Gasteiger partial charge on any atom is 0.244 e. The van der Waals surface area contributed by atoms with Crippen molar-refractivity contribution in [1.82, 2.24) is 4.57 Å². The van der Waals surface area contributed by atoms with E-state index in [4.69, 9.17) is 0 Å². The second kappa shape index (κ2) is 15.0. The van der Waals surface area contributed by atoms with Gasteiger partial charge in [-0.15, -0.1) is 0 Å². The predicted octanol–water partition coefficient (Wildman–Crippen LogP) is 9.09. The van der Waals surface area contributed by atoms with Crippen molar-refractivity contribution in [2.45, 2.75) is 116 Å². The fourth-order valence-corrected chi connectivity index (χ4v) is 6.11. The van der Waals surface area contributed by atoms with Gasteiger partial charge in [-0.05, 0) is 36.3 Å². The maximum absolute atomic E-state index is 2.50. The van der Waals surface area contributed by atoms with Crippen molar-refractivity contribution in [2.24, 2.45) is 5.92 Å². The van der Waals surface area contributed by atoms with Crippen LogP contribution in [-0.2, 0) is 18.4 Å². The number of aryl methyl sites for hydroxylation is 1. The van der Waals surface area contributed by atoms with E-state index in [2.05, 4.69) is 116 Å². The smallest absolute Gasteiger partial charge is 0.237 e. The monoisotopic (exact) mass is 487 g/mol. The Morgan fingerprint density at radius 1 is 0.750 bits per heavy atom. The minimum atomic E-state index is -0.00917. The predicted molar refractivity (Wildman–Crippen MR) is 154 cm³/mol. The highest BCUT2D eigenvalue weighted by Crippen LogP contribution is 2.42. The summed E-state index contributed by atoms with van der Waals surface area (Å²) in [6, 6.07) is 22.5. The molecule has 2 heteroatoms. The Kier molecular flexibility index (Phi) is 11.8. The van der Waals surface area contributed by atoms with Crippen molar-refractivity contribution in [3.8, 4) is 0 Å². The van der Waals surface area contributed by atoms with Crippen LogP contribution in [0.4, 0.5) is 0 Å². The van der Waals surface area contributed by atoms with Crippen LogP contribution in [0.2, 0.25) is 0 Å². The van der Waals surface area contributed by atoms with E-state index in [0.29, 0.717) is 12.0 Å². The summed E-state index contributed by atoms with van der Waals surface area (Å²) in [6.07, 6.45) is 21.9. The minimum Gasteiger partial charge on any atom is -0.237 e. The van der Waals surface area contributed by atoms with Crippen LogP contribution in [0, 0.1) is 5.92 Å². The Hall–Kier alpha value is -2.35. The first-order chi connectivity index (χ1) is 17.5. The molecule has 0 aliphatic carbocycles. The molecule has 0 N–H and O–H groups in total. The van der Waals surface area contributed by atoms with Gasteiger partial charge in [-0.1, -0.05) is 140 Å². The zero-order valence-electron chi connectivity index (χ0n) is 23.5. The van der Waals surface area contributed by atoms with Crippen molar-refractivity contribution in [3.05, 3.63) is 90.5 Å². The summed E-state index contributed by atoms with van der Waals surface area (Å²) in [6.45, 7) is 10.6. The van der Waals surface area contributed by atoms with Crippen molar-refractivity contribution < 1.29 is 4.57 Å². The summed E-state index contributed by atoms with van der Waals surface area (Å²) in [7, 11) is 0. The molecule has 3 rings (SSSR count). The summed E-state index contributed by atoms with van der Waals surface area (Å²) < 4.78 is 4.91. The number of rotatable bonds is 17. The Balaban J connectivity index is 1.62. The van der Waals surface area contributed by atoms with E-state index in [1.165, 1.54) is 75.3 Å². The van der Waals surface area contributed by atoms with E-state index < -0.39 is 0 Å². The fourth-order valence-electron chi connectivity index (χ4n) is 6.11. The highest BCUT2D eigenvalue weighted by Gasteiger charge is 2.42. The normalized spacial score (nSPS) is 14.1. The lowest BCUT2D eigenvalue weighted by Crippen LogP contribution is -2.40. The van der Waals surface area contributed by atoms with Gasteiger partial charge < -0.3 is 0 Å². The molecule has 0 fully saturated rings. The van der Waals surface area contributed by atoms with Gasteiger partial charge >= 0.3 is 0 Å². The Morgan fingerprint density at radius 2 is 1.31 bits per heavy atom. The third-order valence-electron chi connectivity index (χ3n) is 7.93. The van der Waals surface area contributed by atoms with Gasteiger partial charge in [0.2, 0.25) is 6.33 Å². The molecule has 1 heterocycles. The van der Waals surface area contributed by atoms with Crippen LogP contribution in [0.5, 0.6) is 0 Å². The Labute approximate surface area is 221 Å². The molecule has 0 aliphatic heterocycles. The molecule has 0 spiro atoms. The molecule has 2 aromatic carbocycles. The van der Waals surface area contributed by atoms with E-state index in [9.17, 15) is 0 Å². The van der Waals surface area contributed by atoms with Gasteiger partial charge in [0.25, 0.3) is 0 Å². The minimum absolute atomic E-state index is 0.00917. The molecule has 36 heavy (non-hydrogen) atoms. The van der Waals surface area contributed by atoms with Crippen molar-refractivity contribution in [1.29, 1.82) is 0 Å². The number of benzene rings is 2. The lowest BCUT2D eigenvalue weighted by Gasteiger charge is -2.38. The summed E-state index contributed by atoms with van der Waals surface area (Å²) in [5.74, 6) is 0.511. The molecule has 0 radical (unpaired) electrons. The lowest BCUT2D eigenvalue weighted by molar-refractivity contribution is -0.697. The molecule has 0 amide bonds. The molecular formula is C34H51N2+. The van der Waals surface area contributed by atoms with Crippen LogP contribution in [0.25, 0.3) is 0 Å². The maximum atomic E-state index is 2.50. The zero-order valence-corrected chi connectivity index (χ0v) is 23.5. The van der Waals surface area contributed by atoms with Gasteiger partial charge in [0.15, 0.2) is 0 Å². The van der Waals surface area contributed by atoms with Gasteiger partial charge in [-0.25, -0.2) is 9.13 Å². The van der Waals surface area contributed by atoms with Crippen LogP contribution in [0.3, 0.4) is 0 Å². The second-order valence-electron chi connectivity index (χ2n) is 11.4. The summed E-state index contributed by atoms with van der Waals surface area (Å²) in [5, 5.41) is 0. The van der Waals surface area contributed by atoms with E-state index in [1.807, 2.05) is 0 Å². The van der Waals surface area contributed by atoms with Gasteiger partial charge in [-0.2, -0.15) is 0 Å². The van der Waals surface area contributed by atoms with Crippen LogP contribution >= 0.6 is 0 Å². The van der Waals surface area contributed by atoms with Crippen LogP contribution in [0.1, 0.15) is 109 Å². The molecule has 1 aromatic heterocycles. The van der Waals surface area contributed by atoms with Crippen LogP contribution in [0.15, 0.2) is 79.4 Å². The van der Waals surface area contributed by atoms with E-state index >= 15 is 0 Å². The number of imidazole rings is 1. The Bertz CT molecular complexity index is 959. The molecule has 0 bridgehead atoms. The van der Waals surface area contributed by atoms with Gasteiger partial charge in [0, 0.05) is 5.41 Å². The van der Waals surface area contributed by atoms with Gasteiger partial charge in [0.1, 0.15) is 18.4 Å². The highest BCUT2D eigenvalue weighted by atomic mass is 15.1. The number of aromatic nitrogens is 2. The number of hydrogen-bond acceptors (Lipinski definition) is 0. The third-order valence-corrected chi connectivity index (χ3v) is 7.93. The zero-order chi connectivity index (χ0) is 25.6. The third kappa shape index (κ3) is 8.36. The first kappa shape index (κ1) is 28.2. The summed E-state index contributed by atoms with van der Waals surface area (Å²) in [5.41, 5.74) is 2.81. The molecule has 0 saturated carbocycles. The van der Waals surface area contributed by atoms with Crippen molar-refractivity contribution >= 4 is 0 Å². The molecule has 2 nitrogen and oxygen atoms in total. The van der Waals surface area contributed by atoms with Gasteiger partial charge in [-0.3, -0.25) is 0 Å². The quantitative estimate of drug-likeness (QED) is 0.133. The average Bonchev–Trinajstić information content (AvgIpc) is 3.34. The van der Waals surface area contributed by atoms with Crippen molar-refractivity contribution in [2.75, 3.05) is 0 Å². The van der Waals surface area contributed by atoms with Crippen LogP contribution < -0.4 is 4.57 Å². The first-order valence-electron chi connectivity index (χ1n) is 14.7. The SMILES string of the molecule is CCCCCCCCCCCC[n+]1ccn(C(C(C)C)C(C)(Cc2ccccc2)c2ccccc2)c1. The number of unbranched alkanes of at least 4 members (excludes halogenated alkanes) is 9. The molecule has 2 atom stereocenters. The first-order valence-corrected chi connectivity index (χ1v) is 14.7. The number of hydrogen-bond donors (Lipinski definition) is 0. The van der Waals surface area contributed by atoms with E-state index in [-0.39, 0.29) is 5.41 Å².